The minimum atomic E-state index is 0. The van der Waals surface area contributed by atoms with Gasteiger partial charge in [0.15, 0.2) is 0 Å². The third-order valence-corrected chi connectivity index (χ3v) is 0.405. The fraction of sp³-hybridized carbons (Fsp3) is 0.500. The van der Waals surface area contributed by atoms with Gasteiger partial charge in [-0.3, -0.25) is 0 Å². The molecule has 0 aromatic rings. The molecule has 0 atom stereocenters. The Labute approximate surface area is 65.7 Å². The molecule has 0 rings (SSSR count). The summed E-state index contributed by atoms with van der Waals surface area (Å²) in [5, 5.41) is 0. The summed E-state index contributed by atoms with van der Waals surface area (Å²) in [7, 11) is 0. The van der Waals surface area contributed by atoms with E-state index in [0.717, 1.165) is 0 Å². The molecular weight excluding hydrogens is 101 g/mol. The largest absolute Gasteiger partial charge is 1.00 e. The fourth-order valence-corrected chi connectivity index (χ4v) is 0.166. The molecule has 0 heterocycles. The molecule has 0 spiro atoms. The van der Waals surface area contributed by atoms with Gasteiger partial charge in [0.2, 0.25) is 0 Å². The van der Waals surface area contributed by atoms with Crippen LogP contribution in [-0.4, -0.2) is 12.3 Å². The summed E-state index contributed by atoms with van der Waals surface area (Å²) in [6.45, 7) is 1.84. The van der Waals surface area contributed by atoms with Gasteiger partial charge in [0, 0.05) is 0 Å². The van der Waals surface area contributed by atoms with Crippen LogP contribution in [0.25, 0.3) is 0 Å². The molecule has 0 saturated heterocycles. The number of ketones is 1. The van der Waals surface area contributed by atoms with Crippen molar-refractivity contribution >= 4 is 5.78 Å². The first-order chi connectivity index (χ1) is 2.77. The van der Waals surface area contributed by atoms with Crippen LogP contribution in [0.4, 0.5) is 0 Å². The van der Waals surface area contributed by atoms with E-state index < -0.39 is 0 Å². The van der Waals surface area contributed by atoms with Gasteiger partial charge >= 0.3 is 29.6 Å². The Morgan fingerprint density at radius 3 is 2.29 bits per heavy atom. The monoisotopic (exact) mass is 109 g/mol. The molecule has 0 amide bonds. The maximum atomic E-state index is 9.91. The van der Waals surface area contributed by atoms with Gasteiger partial charge in [-0.25, -0.2) is 0 Å². The van der Waals surface area contributed by atoms with Crippen LogP contribution in [-0.2, 0) is 4.79 Å². The van der Waals surface area contributed by atoms with E-state index >= 15 is 0 Å². The number of carbonyl (C=O) groups is 1. The number of hydrogen-bond acceptors (Lipinski definition) is 2. The molecule has 2 nitrogen and oxygen atoms in total. The van der Waals surface area contributed by atoms with Crippen molar-refractivity contribution in [3.63, 3.8) is 0 Å². The molecule has 0 saturated carbocycles. The number of nitrogens with two attached hydrogens (primary N) is 1. The second-order valence-electron chi connectivity index (χ2n) is 1.05. The molecule has 0 aliphatic heterocycles. The number of rotatable bonds is 2. The summed E-state index contributed by atoms with van der Waals surface area (Å²) >= 11 is 0. The van der Waals surface area contributed by atoms with E-state index in [1.54, 1.807) is 0 Å². The minimum Gasteiger partial charge on any atom is -0.357 e. The van der Waals surface area contributed by atoms with Gasteiger partial charge in [-0.1, -0.05) is 0 Å². The molecule has 0 aromatic carbocycles. The van der Waals surface area contributed by atoms with Crippen molar-refractivity contribution in [3.8, 4) is 0 Å². The summed E-state index contributed by atoms with van der Waals surface area (Å²) in [5.41, 5.74) is 4.95. The van der Waals surface area contributed by atoms with Crippen LogP contribution >= 0.6 is 0 Å². The Balaban J connectivity index is 0. The Morgan fingerprint density at radius 1 is 1.86 bits per heavy atom. The van der Waals surface area contributed by atoms with E-state index in [0.29, 0.717) is 6.54 Å². The quantitative estimate of drug-likeness (QED) is 0.299. The van der Waals surface area contributed by atoms with Crippen LogP contribution in [0.5, 0.6) is 0 Å². The van der Waals surface area contributed by atoms with Crippen molar-refractivity contribution in [3.05, 3.63) is 6.42 Å². The van der Waals surface area contributed by atoms with Crippen molar-refractivity contribution in [1.82, 2.24) is 0 Å². The normalized spacial score (nSPS) is 6.57. The maximum Gasteiger partial charge on any atom is 1.00 e. The zero-order chi connectivity index (χ0) is 4.99. The van der Waals surface area contributed by atoms with E-state index in [1.165, 1.54) is 13.3 Å². The van der Waals surface area contributed by atoms with Gasteiger partial charge in [-0.05, 0) is 12.7 Å². The predicted molar refractivity (Wildman–Crippen MR) is 24.0 cm³/mol. The zero-order valence-corrected chi connectivity index (χ0v) is 6.77. The standard InChI is InChI=1S/C4H8NO.Na/c1-4(6)2-3-5;/h2H,3,5H2,1H3;/q-1;+1. The minimum absolute atomic E-state index is 0. The van der Waals surface area contributed by atoms with Gasteiger partial charge in [-0.15, -0.1) is 6.54 Å². The third-order valence-electron chi connectivity index (χ3n) is 0.405. The van der Waals surface area contributed by atoms with Crippen molar-refractivity contribution in [1.29, 1.82) is 0 Å². The maximum absolute atomic E-state index is 9.91. The molecule has 0 bridgehead atoms. The number of Topliss-reactive ketones (excluding diaryl/α,β-unsaturated/α-hetero) is 1. The van der Waals surface area contributed by atoms with Crippen LogP contribution < -0.4 is 35.3 Å². The van der Waals surface area contributed by atoms with Crippen LogP contribution in [0.2, 0.25) is 0 Å². The first-order valence-corrected chi connectivity index (χ1v) is 1.81. The third kappa shape index (κ3) is 10.7. The van der Waals surface area contributed by atoms with Crippen molar-refractivity contribution in [2.75, 3.05) is 6.54 Å². The van der Waals surface area contributed by atoms with Crippen LogP contribution in [0.15, 0.2) is 0 Å². The molecule has 0 radical (unpaired) electrons. The molecular formula is C4H8NNaO. The summed E-state index contributed by atoms with van der Waals surface area (Å²) in [4.78, 5) is 9.91. The van der Waals surface area contributed by atoms with Crippen LogP contribution in [0.1, 0.15) is 6.92 Å². The average Bonchev–Trinajstić information content (AvgIpc) is 1.35. The number of carbonyl (C=O) groups excluding carboxylic acids is 1. The van der Waals surface area contributed by atoms with Crippen molar-refractivity contribution < 1.29 is 34.4 Å². The molecule has 0 aromatic heterocycles. The molecule has 0 aliphatic carbocycles. The Bertz CT molecular complexity index is 55.7. The molecule has 7 heavy (non-hydrogen) atoms. The van der Waals surface area contributed by atoms with Gasteiger partial charge in [0.1, 0.15) is 0 Å². The van der Waals surface area contributed by atoms with E-state index in [4.69, 9.17) is 5.73 Å². The molecule has 36 valence electrons. The topological polar surface area (TPSA) is 43.1 Å². The van der Waals surface area contributed by atoms with Crippen LogP contribution in [0, 0.1) is 6.42 Å². The fourth-order valence-electron chi connectivity index (χ4n) is 0.166. The SMILES string of the molecule is CC(=O)[CH-]CN.[Na+]. The predicted octanol–water partition coefficient (Wildman–Crippen LogP) is -3.26. The smallest absolute Gasteiger partial charge is 0.357 e. The van der Waals surface area contributed by atoms with Crippen molar-refractivity contribution in [2.45, 2.75) is 6.92 Å². The Kier molecular flexibility index (Phi) is 9.73. The van der Waals surface area contributed by atoms with Gasteiger partial charge in [0.25, 0.3) is 0 Å². The van der Waals surface area contributed by atoms with Gasteiger partial charge < -0.3 is 16.9 Å². The molecule has 2 N–H and O–H groups in total. The van der Waals surface area contributed by atoms with Crippen molar-refractivity contribution in [2.24, 2.45) is 5.73 Å². The summed E-state index contributed by atoms with van der Waals surface area (Å²) in [6, 6.07) is 0. The first kappa shape index (κ1) is 10.5. The van der Waals surface area contributed by atoms with E-state index in [2.05, 4.69) is 0 Å². The molecule has 0 aliphatic rings. The van der Waals surface area contributed by atoms with Crippen LogP contribution in [0.3, 0.4) is 0 Å². The number of hydrogen-bond donors (Lipinski definition) is 1. The van der Waals surface area contributed by atoms with E-state index in [1.807, 2.05) is 0 Å². The molecule has 0 fully saturated rings. The first-order valence-electron chi connectivity index (χ1n) is 1.81. The second kappa shape index (κ2) is 6.50. The molecule has 3 heteroatoms. The average molecular weight is 109 g/mol. The van der Waals surface area contributed by atoms with Gasteiger partial charge in [-0.2, -0.15) is 0 Å². The Hall–Kier alpha value is 0.500. The Morgan fingerprint density at radius 2 is 2.29 bits per heavy atom. The zero-order valence-electron chi connectivity index (χ0n) is 4.77. The van der Waals surface area contributed by atoms with Gasteiger partial charge in [0.05, 0.1) is 0 Å². The molecule has 0 unspecified atom stereocenters. The van der Waals surface area contributed by atoms with E-state index in [-0.39, 0.29) is 35.3 Å². The summed E-state index contributed by atoms with van der Waals surface area (Å²) in [6.07, 6.45) is 1.43. The summed E-state index contributed by atoms with van der Waals surface area (Å²) in [5.74, 6) is 0.0394. The summed E-state index contributed by atoms with van der Waals surface area (Å²) < 4.78 is 0. The second-order valence-corrected chi connectivity index (χ2v) is 1.05. The van der Waals surface area contributed by atoms with E-state index in [9.17, 15) is 4.79 Å².